The maximum absolute atomic E-state index is 10.5. The molecule has 0 aromatic rings. The maximum Gasteiger partial charge on any atom is 0.410 e. The van der Waals surface area contributed by atoms with E-state index in [0.717, 1.165) is 0 Å². The van der Waals surface area contributed by atoms with E-state index < -0.39 is 15.6 Å². The zero-order chi connectivity index (χ0) is 8.15. The SMILES string of the molecule is O=C(NC(S)S)OC(S)S.[Zn]. The summed E-state index contributed by atoms with van der Waals surface area (Å²) in [7, 11) is 0. The molecular weight excluding hydrogens is 276 g/mol. The van der Waals surface area contributed by atoms with Gasteiger partial charge in [-0.05, 0) is 0 Å². The molecule has 0 atom stereocenters. The van der Waals surface area contributed by atoms with Crippen LogP contribution < -0.4 is 5.32 Å². The van der Waals surface area contributed by atoms with Crippen molar-refractivity contribution in [3.8, 4) is 0 Å². The molecule has 62 valence electrons. The van der Waals surface area contributed by atoms with Crippen molar-refractivity contribution in [1.82, 2.24) is 5.32 Å². The van der Waals surface area contributed by atoms with Crippen molar-refractivity contribution in [2.24, 2.45) is 0 Å². The van der Waals surface area contributed by atoms with Crippen molar-refractivity contribution in [3.63, 3.8) is 0 Å². The fourth-order valence-corrected chi connectivity index (χ4v) is 0.637. The Balaban J connectivity index is 0. The van der Waals surface area contributed by atoms with Gasteiger partial charge in [-0.2, -0.15) is 0 Å². The van der Waals surface area contributed by atoms with Crippen molar-refractivity contribution < 1.29 is 29.0 Å². The van der Waals surface area contributed by atoms with Gasteiger partial charge in [-0.25, -0.2) is 4.79 Å². The van der Waals surface area contributed by atoms with E-state index in [0.29, 0.717) is 0 Å². The second kappa shape index (κ2) is 7.92. The van der Waals surface area contributed by atoms with Crippen molar-refractivity contribution in [3.05, 3.63) is 0 Å². The van der Waals surface area contributed by atoms with E-state index in [2.05, 4.69) is 60.6 Å². The normalized spacial score (nSPS) is 9.27. The van der Waals surface area contributed by atoms with Crippen molar-refractivity contribution >= 4 is 56.6 Å². The Bertz CT molecular complexity index is 110. The molecule has 8 heteroatoms. The zero-order valence-corrected chi connectivity index (χ0v) is 12.0. The second-order valence-electron chi connectivity index (χ2n) is 1.25. The quantitative estimate of drug-likeness (QED) is 0.298. The van der Waals surface area contributed by atoms with Crippen LogP contribution in [0.2, 0.25) is 0 Å². The Morgan fingerprint density at radius 2 is 1.73 bits per heavy atom. The van der Waals surface area contributed by atoms with Gasteiger partial charge in [0.05, 0.1) is 0 Å². The van der Waals surface area contributed by atoms with Gasteiger partial charge in [0.2, 0.25) is 0 Å². The molecule has 0 saturated heterocycles. The van der Waals surface area contributed by atoms with Crippen LogP contribution in [-0.2, 0) is 24.2 Å². The summed E-state index contributed by atoms with van der Waals surface area (Å²) >= 11 is 14.9. The van der Waals surface area contributed by atoms with Crippen LogP contribution in [0, 0.1) is 0 Å². The van der Waals surface area contributed by atoms with Gasteiger partial charge in [-0.1, -0.05) is 0 Å². The smallest absolute Gasteiger partial charge is 0.410 e. The van der Waals surface area contributed by atoms with Crippen LogP contribution in [-0.4, -0.2) is 15.6 Å². The van der Waals surface area contributed by atoms with Crippen LogP contribution in [0.5, 0.6) is 0 Å². The molecule has 0 aliphatic heterocycles. The molecule has 0 bridgehead atoms. The number of carbonyl (C=O) groups excluding carboxylic acids is 1. The molecule has 0 aromatic carbocycles. The number of hydrogen-bond donors (Lipinski definition) is 5. The van der Waals surface area contributed by atoms with E-state index in [1.807, 2.05) is 0 Å². The molecule has 0 aliphatic carbocycles. The number of hydrogen-bond acceptors (Lipinski definition) is 6. The average Bonchev–Trinajstić information content (AvgIpc) is 1.58. The standard InChI is InChI=1S/C3H7NO2S4.Zn/c5-1(4-2(7)8)6-3(9)10;/h2-3,7-10H,(H,4,5);. The molecule has 0 aromatic heterocycles. The van der Waals surface area contributed by atoms with Crippen LogP contribution in [0.4, 0.5) is 4.79 Å². The molecule has 11 heavy (non-hydrogen) atoms. The Hall–Kier alpha value is 1.29. The predicted octanol–water partition coefficient (Wildman–Crippen LogP) is 0.996. The van der Waals surface area contributed by atoms with Crippen molar-refractivity contribution in [1.29, 1.82) is 0 Å². The predicted molar refractivity (Wildman–Crippen MR) is 53.1 cm³/mol. The molecular formula is C3H7NO2S4Zn. The Labute approximate surface area is 99.8 Å². The first-order valence-corrected chi connectivity index (χ1v) is 4.28. The summed E-state index contributed by atoms with van der Waals surface area (Å²) in [6, 6.07) is 0. The van der Waals surface area contributed by atoms with Gasteiger partial charge in [0.1, 0.15) is 4.71 Å². The first-order valence-electron chi connectivity index (χ1n) is 2.22. The van der Waals surface area contributed by atoms with Crippen molar-refractivity contribution in [2.75, 3.05) is 0 Å². The van der Waals surface area contributed by atoms with E-state index in [-0.39, 0.29) is 19.5 Å². The molecule has 0 saturated carbocycles. The third kappa shape index (κ3) is 11.3. The molecule has 0 fully saturated rings. The van der Waals surface area contributed by atoms with E-state index in [4.69, 9.17) is 0 Å². The van der Waals surface area contributed by atoms with Crippen LogP contribution in [0.15, 0.2) is 0 Å². The van der Waals surface area contributed by atoms with Crippen LogP contribution in [0.25, 0.3) is 0 Å². The third-order valence-corrected chi connectivity index (χ3v) is 0.928. The summed E-state index contributed by atoms with van der Waals surface area (Å²) in [5.41, 5.74) is 0. The van der Waals surface area contributed by atoms with Gasteiger partial charge < -0.3 is 10.1 Å². The summed E-state index contributed by atoms with van der Waals surface area (Å²) in [5, 5.41) is 2.24. The Morgan fingerprint density at radius 1 is 1.27 bits per heavy atom. The second-order valence-corrected chi connectivity index (χ2v) is 4.04. The number of alkyl carbamates (subject to hydrolysis) is 1. The number of nitrogens with one attached hydrogen (secondary N) is 1. The topological polar surface area (TPSA) is 38.3 Å². The molecule has 0 heterocycles. The van der Waals surface area contributed by atoms with Crippen molar-refractivity contribution in [2.45, 2.75) is 9.47 Å². The van der Waals surface area contributed by atoms with Gasteiger partial charge >= 0.3 is 6.09 Å². The third-order valence-electron chi connectivity index (χ3n) is 0.459. The fourth-order valence-electron chi connectivity index (χ4n) is 0.235. The van der Waals surface area contributed by atoms with Gasteiger partial charge in [0.25, 0.3) is 0 Å². The molecule has 0 aliphatic rings. The van der Waals surface area contributed by atoms with E-state index in [1.165, 1.54) is 0 Å². The number of amides is 1. The minimum Gasteiger partial charge on any atom is -0.425 e. The summed E-state index contributed by atoms with van der Waals surface area (Å²) in [4.78, 5) is 10.5. The van der Waals surface area contributed by atoms with Crippen LogP contribution >= 0.6 is 50.5 Å². The molecule has 1 N–H and O–H groups in total. The summed E-state index contributed by atoms with van der Waals surface area (Å²) in [6.45, 7) is 0. The first kappa shape index (κ1) is 14.8. The average molecular weight is 283 g/mol. The monoisotopic (exact) mass is 281 g/mol. The minimum atomic E-state index is -0.722. The van der Waals surface area contributed by atoms with E-state index in [1.54, 1.807) is 0 Å². The minimum absolute atomic E-state index is 0. The summed E-state index contributed by atoms with van der Waals surface area (Å²) < 4.78 is 3.19. The van der Waals surface area contributed by atoms with Gasteiger partial charge in [0, 0.05) is 19.5 Å². The number of rotatable bonds is 2. The first-order chi connectivity index (χ1) is 4.52. The summed E-state index contributed by atoms with van der Waals surface area (Å²) in [5.74, 6) is 0. The molecule has 0 rings (SSSR count). The number of ether oxygens (including phenoxy) is 1. The van der Waals surface area contributed by atoms with Gasteiger partial charge in [-0.15, -0.1) is 50.5 Å². The van der Waals surface area contributed by atoms with E-state index in [9.17, 15) is 4.79 Å². The molecule has 3 nitrogen and oxygen atoms in total. The number of carbonyl (C=O) groups is 1. The van der Waals surface area contributed by atoms with Crippen LogP contribution in [0.1, 0.15) is 0 Å². The molecule has 0 radical (unpaired) electrons. The van der Waals surface area contributed by atoms with Gasteiger partial charge in [0.15, 0.2) is 4.77 Å². The molecule has 0 unspecified atom stereocenters. The van der Waals surface area contributed by atoms with Gasteiger partial charge in [-0.3, -0.25) is 0 Å². The van der Waals surface area contributed by atoms with E-state index >= 15 is 0 Å². The maximum atomic E-state index is 10.5. The largest absolute Gasteiger partial charge is 0.425 e. The Morgan fingerprint density at radius 3 is 2.00 bits per heavy atom. The molecule has 0 spiro atoms. The Kier molecular flexibility index (Phi) is 10.7. The zero-order valence-electron chi connectivity index (χ0n) is 5.47. The molecule has 1 amide bonds. The number of thiol groups is 4. The fraction of sp³-hybridized carbons (Fsp3) is 0.667. The summed E-state index contributed by atoms with van der Waals surface area (Å²) in [6.07, 6.45) is -0.648. The van der Waals surface area contributed by atoms with Crippen LogP contribution in [0.3, 0.4) is 0 Å².